The quantitative estimate of drug-likeness (QED) is 0.826. The number of thiophene rings is 1. The van der Waals surface area contributed by atoms with Gasteiger partial charge in [0.2, 0.25) is 0 Å². The van der Waals surface area contributed by atoms with Crippen LogP contribution in [0.1, 0.15) is 35.0 Å². The second kappa shape index (κ2) is 5.98. The van der Waals surface area contributed by atoms with Gasteiger partial charge in [-0.3, -0.25) is 0 Å². The molecule has 0 aliphatic rings. The second-order valence-electron chi connectivity index (χ2n) is 4.20. The van der Waals surface area contributed by atoms with E-state index >= 15 is 0 Å². The molecule has 2 aromatic heterocycles. The van der Waals surface area contributed by atoms with Gasteiger partial charge < -0.3 is 10.3 Å². The fourth-order valence-corrected chi connectivity index (χ4v) is 2.79. The lowest BCUT2D eigenvalue weighted by atomic mass is 10.1. The van der Waals surface area contributed by atoms with Gasteiger partial charge in [-0.25, -0.2) is 4.98 Å². The standard InChI is InChI=1S/C13H19N3S/c1-3-6-14-11(9-13-15-7-8-16-13)12-5-4-10(2)17-12/h4-5,7-8,11,14H,3,6,9H2,1-2H3,(H,15,16). The van der Waals surface area contributed by atoms with E-state index in [1.807, 2.05) is 23.7 Å². The van der Waals surface area contributed by atoms with Crippen LogP contribution in [-0.4, -0.2) is 16.5 Å². The molecule has 0 saturated carbocycles. The first kappa shape index (κ1) is 12.3. The number of hydrogen-bond donors (Lipinski definition) is 2. The third kappa shape index (κ3) is 3.41. The Kier molecular flexibility index (Phi) is 4.34. The van der Waals surface area contributed by atoms with Crippen LogP contribution < -0.4 is 5.32 Å². The maximum atomic E-state index is 4.31. The Morgan fingerprint density at radius 2 is 2.35 bits per heavy atom. The monoisotopic (exact) mass is 249 g/mol. The van der Waals surface area contributed by atoms with E-state index in [9.17, 15) is 0 Å². The van der Waals surface area contributed by atoms with Crippen molar-refractivity contribution in [2.75, 3.05) is 6.54 Å². The van der Waals surface area contributed by atoms with Crippen molar-refractivity contribution in [3.8, 4) is 0 Å². The number of H-pyrrole nitrogens is 1. The summed E-state index contributed by atoms with van der Waals surface area (Å²) in [6.45, 7) is 5.39. The van der Waals surface area contributed by atoms with Gasteiger partial charge in [-0.15, -0.1) is 11.3 Å². The van der Waals surface area contributed by atoms with Crippen LogP contribution in [0.2, 0.25) is 0 Å². The zero-order valence-corrected chi connectivity index (χ0v) is 11.2. The molecule has 92 valence electrons. The molecule has 3 nitrogen and oxygen atoms in total. The highest BCUT2D eigenvalue weighted by atomic mass is 32.1. The summed E-state index contributed by atoms with van der Waals surface area (Å²) in [7, 11) is 0. The molecule has 1 unspecified atom stereocenters. The topological polar surface area (TPSA) is 40.7 Å². The Labute approximate surface area is 106 Å². The normalized spacial score (nSPS) is 12.8. The van der Waals surface area contributed by atoms with Crippen LogP contribution >= 0.6 is 11.3 Å². The molecule has 2 aromatic rings. The summed E-state index contributed by atoms with van der Waals surface area (Å²) in [5.41, 5.74) is 0. The molecule has 1 atom stereocenters. The fraction of sp³-hybridized carbons (Fsp3) is 0.462. The number of nitrogens with one attached hydrogen (secondary N) is 2. The third-order valence-electron chi connectivity index (χ3n) is 2.70. The first-order valence-corrected chi connectivity index (χ1v) is 6.89. The van der Waals surface area contributed by atoms with Gasteiger partial charge in [0.25, 0.3) is 0 Å². The molecular formula is C13H19N3S. The minimum atomic E-state index is 0.375. The zero-order valence-electron chi connectivity index (χ0n) is 10.4. The molecule has 0 aliphatic heterocycles. The van der Waals surface area contributed by atoms with Gasteiger partial charge in [0.05, 0.1) is 0 Å². The molecule has 0 fully saturated rings. The fourth-order valence-electron chi connectivity index (χ4n) is 1.84. The maximum absolute atomic E-state index is 4.31. The first-order chi connectivity index (χ1) is 8.29. The lowest BCUT2D eigenvalue weighted by Gasteiger charge is -2.15. The molecule has 4 heteroatoms. The average molecular weight is 249 g/mol. The molecule has 17 heavy (non-hydrogen) atoms. The van der Waals surface area contributed by atoms with E-state index in [1.54, 1.807) is 0 Å². The highest BCUT2D eigenvalue weighted by Crippen LogP contribution is 2.24. The van der Waals surface area contributed by atoms with Crippen LogP contribution in [0.25, 0.3) is 0 Å². The molecule has 0 aromatic carbocycles. The smallest absolute Gasteiger partial charge is 0.107 e. The summed E-state index contributed by atoms with van der Waals surface area (Å²) in [6, 6.07) is 4.78. The van der Waals surface area contributed by atoms with E-state index in [0.717, 1.165) is 25.2 Å². The van der Waals surface area contributed by atoms with E-state index in [-0.39, 0.29) is 0 Å². The number of nitrogens with zero attached hydrogens (tertiary/aromatic N) is 1. The van der Waals surface area contributed by atoms with Crippen molar-refractivity contribution in [3.05, 3.63) is 40.1 Å². The molecule has 0 saturated heterocycles. The molecule has 2 heterocycles. The summed E-state index contributed by atoms with van der Waals surface area (Å²) < 4.78 is 0. The molecule has 2 rings (SSSR count). The van der Waals surface area contributed by atoms with Crippen LogP contribution in [0, 0.1) is 6.92 Å². The zero-order chi connectivity index (χ0) is 12.1. The van der Waals surface area contributed by atoms with Crippen molar-refractivity contribution in [1.82, 2.24) is 15.3 Å². The van der Waals surface area contributed by atoms with Crippen molar-refractivity contribution in [3.63, 3.8) is 0 Å². The average Bonchev–Trinajstić information content (AvgIpc) is 2.95. The van der Waals surface area contributed by atoms with E-state index in [1.165, 1.54) is 9.75 Å². The van der Waals surface area contributed by atoms with E-state index in [2.05, 4.69) is 41.3 Å². The third-order valence-corrected chi connectivity index (χ3v) is 3.81. The summed E-state index contributed by atoms with van der Waals surface area (Å²) in [5, 5.41) is 3.59. The molecule has 0 spiro atoms. The van der Waals surface area contributed by atoms with Crippen LogP contribution in [0.4, 0.5) is 0 Å². The summed E-state index contributed by atoms with van der Waals surface area (Å²) in [4.78, 5) is 10.2. The Hall–Kier alpha value is -1.13. The minimum Gasteiger partial charge on any atom is -0.349 e. The molecule has 0 bridgehead atoms. The summed E-state index contributed by atoms with van der Waals surface area (Å²) in [5.74, 6) is 1.05. The highest BCUT2D eigenvalue weighted by molar-refractivity contribution is 7.12. The lowest BCUT2D eigenvalue weighted by molar-refractivity contribution is 0.527. The predicted octanol–water partition coefficient (Wildman–Crippen LogP) is 3.06. The van der Waals surface area contributed by atoms with Crippen LogP contribution in [0.5, 0.6) is 0 Å². The molecule has 2 N–H and O–H groups in total. The van der Waals surface area contributed by atoms with E-state index < -0.39 is 0 Å². The predicted molar refractivity (Wildman–Crippen MR) is 72.4 cm³/mol. The van der Waals surface area contributed by atoms with Crippen LogP contribution in [0.3, 0.4) is 0 Å². The number of hydrogen-bond acceptors (Lipinski definition) is 3. The van der Waals surface area contributed by atoms with Crippen LogP contribution in [0.15, 0.2) is 24.5 Å². The van der Waals surface area contributed by atoms with Crippen LogP contribution in [-0.2, 0) is 6.42 Å². The van der Waals surface area contributed by atoms with Gasteiger partial charge in [0.15, 0.2) is 0 Å². The highest BCUT2D eigenvalue weighted by Gasteiger charge is 2.14. The molecule has 0 aliphatic carbocycles. The largest absolute Gasteiger partial charge is 0.349 e. The molecule has 0 amide bonds. The lowest BCUT2D eigenvalue weighted by Crippen LogP contribution is -2.23. The molecular weight excluding hydrogens is 230 g/mol. The number of aryl methyl sites for hydroxylation is 1. The minimum absolute atomic E-state index is 0.375. The number of rotatable bonds is 6. The SMILES string of the molecule is CCCNC(Cc1ncc[nH]1)c1ccc(C)s1. The summed E-state index contributed by atoms with van der Waals surface area (Å²) in [6.07, 6.45) is 5.77. The number of aromatic nitrogens is 2. The van der Waals surface area contributed by atoms with Crippen molar-refractivity contribution < 1.29 is 0 Å². The summed E-state index contributed by atoms with van der Waals surface area (Å²) >= 11 is 1.86. The Bertz CT molecular complexity index is 433. The number of aromatic amines is 1. The van der Waals surface area contributed by atoms with Crippen molar-refractivity contribution in [1.29, 1.82) is 0 Å². The van der Waals surface area contributed by atoms with Crippen molar-refractivity contribution >= 4 is 11.3 Å². The van der Waals surface area contributed by atoms with Gasteiger partial charge in [-0.05, 0) is 32.0 Å². The van der Waals surface area contributed by atoms with Crippen molar-refractivity contribution in [2.45, 2.75) is 32.7 Å². The number of imidazole rings is 1. The molecule has 0 radical (unpaired) electrons. The van der Waals surface area contributed by atoms with Gasteiger partial charge in [0, 0.05) is 34.6 Å². The first-order valence-electron chi connectivity index (χ1n) is 6.07. The van der Waals surface area contributed by atoms with E-state index in [0.29, 0.717) is 6.04 Å². The Morgan fingerprint density at radius 3 is 2.94 bits per heavy atom. The Balaban J connectivity index is 2.07. The van der Waals surface area contributed by atoms with Gasteiger partial charge in [-0.1, -0.05) is 6.92 Å². The maximum Gasteiger partial charge on any atom is 0.107 e. The second-order valence-corrected chi connectivity index (χ2v) is 5.51. The Morgan fingerprint density at radius 1 is 1.47 bits per heavy atom. The van der Waals surface area contributed by atoms with Gasteiger partial charge >= 0.3 is 0 Å². The van der Waals surface area contributed by atoms with Gasteiger partial charge in [0.1, 0.15) is 5.82 Å². The van der Waals surface area contributed by atoms with E-state index in [4.69, 9.17) is 0 Å². The van der Waals surface area contributed by atoms with Crippen molar-refractivity contribution in [2.24, 2.45) is 0 Å². The van der Waals surface area contributed by atoms with Gasteiger partial charge in [-0.2, -0.15) is 0 Å².